The van der Waals surface area contributed by atoms with Gasteiger partial charge in [0.25, 0.3) is 0 Å². The number of halogens is 5. The third-order valence-electron chi connectivity index (χ3n) is 17.2. The molecular formula is C104H95Co8F5O8-8. The Morgan fingerprint density at radius 1 is 0.248 bits per heavy atom. The Morgan fingerprint density at radius 3 is 0.640 bits per heavy atom. The normalized spacial score (nSPS) is 9.77. The average Bonchev–Trinajstić information content (AvgIpc) is 0.842. The van der Waals surface area contributed by atoms with Gasteiger partial charge >= 0.3 is 0 Å². The maximum atomic E-state index is 13.0. The molecule has 0 spiro atoms. The van der Waals surface area contributed by atoms with Crippen LogP contribution in [0.1, 0.15) is 41.5 Å². The van der Waals surface area contributed by atoms with E-state index in [1.165, 1.54) is 98.9 Å². The molecule has 16 rings (SSSR count). The summed E-state index contributed by atoms with van der Waals surface area (Å²) in [6, 6.07) is 94.9. The largest absolute Gasteiger partial charge is 0.525 e. The first-order chi connectivity index (χ1) is 57.0. The minimum Gasteiger partial charge on any atom is -0.525 e. The van der Waals surface area contributed by atoms with Crippen molar-refractivity contribution in [1.29, 1.82) is 0 Å². The topological polar surface area (TPSA) is 73.8 Å². The van der Waals surface area contributed by atoms with Gasteiger partial charge in [0.15, 0.2) is 0 Å². The predicted molar refractivity (Wildman–Crippen MR) is 473 cm³/mol. The van der Waals surface area contributed by atoms with Gasteiger partial charge in [0.2, 0.25) is 0 Å². The Kier molecular flexibility index (Phi) is 57.7. The molecule has 0 fully saturated rings. The monoisotopic (exact) mass is 2040 g/mol. The molecule has 0 aromatic heterocycles. The molecule has 16 aromatic carbocycles. The van der Waals surface area contributed by atoms with Crippen LogP contribution in [0.2, 0.25) is 0 Å². The van der Waals surface area contributed by atoms with Gasteiger partial charge in [0, 0.05) is 134 Å². The van der Waals surface area contributed by atoms with Crippen LogP contribution < -0.4 is 37.9 Å². The average molecular weight is 2040 g/mol. The molecule has 21 heteroatoms. The Labute approximate surface area is 815 Å². The van der Waals surface area contributed by atoms with E-state index in [4.69, 9.17) is 37.9 Å². The fourth-order valence-corrected chi connectivity index (χ4v) is 11.5. The van der Waals surface area contributed by atoms with Crippen LogP contribution in [0.3, 0.4) is 0 Å². The molecule has 0 unspecified atom stereocenters. The van der Waals surface area contributed by atoms with Crippen LogP contribution in [-0.4, -0.2) is 52.9 Å². The second kappa shape index (κ2) is 63.2. The fraction of sp³-hybridized carbons (Fsp3) is 0.135. The van der Waals surface area contributed by atoms with E-state index < -0.39 is 0 Å². The molecule has 0 N–H and O–H groups in total. The zero-order chi connectivity index (χ0) is 82.9. The van der Waals surface area contributed by atoms with Crippen molar-refractivity contribution in [3.05, 3.63) is 402 Å². The number of benzene rings is 16. The van der Waals surface area contributed by atoms with E-state index in [0.717, 1.165) is 94.1 Å². The molecule has 8 radical (unpaired) electrons. The van der Waals surface area contributed by atoms with Crippen molar-refractivity contribution in [2.45, 2.75) is 41.5 Å². The van der Waals surface area contributed by atoms with E-state index in [0.29, 0.717) is 58.6 Å². The molecule has 0 bridgehead atoms. The van der Waals surface area contributed by atoms with Crippen molar-refractivity contribution in [3.8, 4) is 46.0 Å². The summed E-state index contributed by atoms with van der Waals surface area (Å²) in [5, 5.41) is 16.7. The van der Waals surface area contributed by atoms with Crippen LogP contribution in [0.4, 0.5) is 22.0 Å². The van der Waals surface area contributed by atoms with E-state index in [9.17, 15) is 22.0 Å². The van der Waals surface area contributed by atoms with E-state index >= 15 is 0 Å². The molecule has 0 heterocycles. The summed E-state index contributed by atoms with van der Waals surface area (Å²) >= 11 is 0. The van der Waals surface area contributed by atoms with Crippen molar-refractivity contribution in [1.82, 2.24) is 0 Å². The zero-order valence-electron chi connectivity index (χ0n) is 69.4. The van der Waals surface area contributed by atoms with E-state index in [1.54, 1.807) is 36.4 Å². The number of fused-ring (bicyclic) bond motifs is 8. The van der Waals surface area contributed by atoms with Gasteiger partial charge in [-0.3, -0.25) is 44.8 Å². The predicted octanol–water partition coefficient (Wildman–Crippen LogP) is 27.7. The van der Waals surface area contributed by atoms with Crippen LogP contribution in [0, 0.1) is 79.8 Å². The van der Waals surface area contributed by atoms with Gasteiger partial charge in [0.1, 0.15) is 75.1 Å². The Bertz CT molecular complexity index is 5640. The van der Waals surface area contributed by atoms with Crippen LogP contribution in [0.5, 0.6) is 46.0 Å². The Balaban J connectivity index is 0.000000708. The Morgan fingerprint density at radius 2 is 0.432 bits per heavy atom. The SMILES string of the molecule is C=[C-]COc1ccc2ccc(F)cc2c1.C=[C-]COc1ccc2ccccc2c1.C[C-](C)COc1ccc2ccc(F)cc2c1.C[CH-]COc1ccc2ccc(F)cc2c1.C[CH-]COc1ccc2ccc(F)cc2c1.C[CH-]COc1ccc2ccccc2c1.C[CH-]COc1ccc2ccccc2c1.[CH2-]COc1ccc2ccc(F)cc2c1.[Co].[Co].[Co].[Co].[Co].[Co].[Co].[Co]. The molecule has 0 saturated heterocycles. The first-order valence-corrected chi connectivity index (χ1v) is 38.2. The van der Waals surface area contributed by atoms with Crippen molar-refractivity contribution in [2.24, 2.45) is 0 Å². The molecule has 0 aliphatic rings. The molecule has 8 nitrogen and oxygen atoms in total. The van der Waals surface area contributed by atoms with Crippen LogP contribution in [-0.2, 0) is 134 Å². The van der Waals surface area contributed by atoms with Crippen LogP contribution >= 0.6 is 0 Å². The maximum absolute atomic E-state index is 13.0. The number of rotatable bonds is 23. The van der Waals surface area contributed by atoms with Crippen LogP contribution in [0.15, 0.2) is 323 Å². The standard InChI is InChI=1S/C14H14FO.2C13H12FO.C13H10FO.2C13H13O.C13H11O.C12H10FO.8Co/c1-10(2)9-16-14-6-4-11-3-5-13(15)7-12(11)8-14;3*1-2-7-15-13-6-4-10-3-5-12(14)8-11(10)9-13;3*1-2-9-14-13-8-7-11-5-3-4-6-12(11)10-13;1-2-14-12-6-4-9-3-5-11(13)7-10(9)8-12;;;;;;;;/h3-8H,9H2,1-2H3;2*2-6,8-9H,7H2,1H3;3-6,8-9H,1,7H2;2*2-8,10H,9H2,1H3;3-8,10H,1,9H2;3-8H,1-2H2;;;;;;;;/q8*-1;;;;;;;;. The van der Waals surface area contributed by atoms with E-state index in [1.807, 2.05) is 219 Å². The summed E-state index contributed by atoms with van der Waals surface area (Å²) in [7, 11) is 0. The molecular weight excluding hydrogens is 1940 g/mol. The van der Waals surface area contributed by atoms with Gasteiger partial charge in [-0.25, -0.2) is 22.0 Å². The summed E-state index contributed by atoms with van der Waals surface area (Å²) in [6.07, 6.45) is 13.2. The second-order valence-corrected chi connectivity index (χ2v) is 26.6. The first kappa shape index (κ1) is 114. The quantitative estimate of drug-likeness (QED) is 0.0463. The van der Waals surface area contributed by atoms with Gasteiger partial charge in [-0.1, -0.05) is 152 Å². The fourth-order valence-electron chi connectivity index (χ4n) is 11.5. The van der Waals surface area contributed by atoms with Gasteiger partial charge in [0.05, 0.1) is 0 Å². The van der Waals surface area contributed by atoms with E-state index in [2.05, 4.69) is 92.9 Å². The van der Waals surface area contributed by atoms with Crippen molar-refractivity contribution in [2.75, 3.05) is 52.9 Å². The number of hydrogen-bond acceptors (Lipinski definition) is 8. The zero-order valence-corrected chi connectivity index (χ0v) is 77.7. The summed E-state index contributed by atoms with van der Waals surface area (Å²) in [5.74, 6) is 6.53. The van der Waals surface area contributed by atoms with Gasteiger partial charge in [-0.2, -0.15) is 41.5 Å². The minimum atomic E-state index is -0.241. The van der Waals surface area contributed by atoms with Crippen molar-refractivity contribution in [3.63, 3.8) is 0 Å². The number of hydrogen-bond donors (Lipinski definition) is 0. The maximum Gasteiger partial charge on any atom is 0.123 e. The van der Waals surface area contributed by atoms with E-state index in [-0.39, 0.29) is 163 Å². The first-order valence-electron chi connectivity index (χ1n) is 38.2. The molecule has 0 amide bonds. The van der Waals surface area contributed by atoms with Gasteiger partial charge < -0.3 is 57.0 Å². The third kappa shape index (κ3) is 39.5. The minimum absolute atomic E-state index is 0. The second-order valence-electron chi connectivity index (χ2n) is 26.6. The van der Waals surface area contributed by atoms with Crippen LogP contribution in [0.25, 0.3) is 86.2 Å². The molecule has 0 saturated carbocycles. The Hall–Kier alpha value is -8.82. The molecule has 125 heavy (non-hydrogen) atoms. The van der Waals surface area contributed by atoms with Crippen molar-refractivity contribution >= 4 is 86.2 Å². The summed E-state index contributed by atoms with van der Waals surface area (Å²) in [6.45, 7) is 26.6. The molecule has 16 aromatic rings. The molecule has 0 aliphatic heterocycles. The van der Waals surface area contributed by atoms with Gasteiger partial charge in [-0.15, -0.1) is 0 Å². The summed E-state index contributed by atoms with van der Waals surface area (Å²) in [4.78, 5) is 0. The smallest absolute Gasteiger partial charge is 0.123 e. The summed E-state index contributed by atoms with van der Waals surface area (Å²) < 4.78 is 108. The molecule has 0 atom stereocenters. The molecule has 0 aliphatic carbocycles. The molecule has 674 valence electrons. The third-order valence-corrected chi connectivity index (χ3v) is 17.2. The van der Waals surface area contributed by atoms with Crippen molar-refractivity contribution < 1.29 is 194 Å². The van der Waals surface area contributed by atoms with Gasteiger partial charge in [-0.05, 0) is 297 Å². The number of ether oxygens (including phenoxy) is 8. The summed E-state index contributed by atoms with van der Waals surface area (Å²) in [5.41, 5.74) is 0.